The molecule has 190 valence electrons. The number of fused-ring (bicyclic) bond motifs is 1. The fourth-order valence-corrected chi connectivity index (χ4v) is 4.33. The standard InChI is InChI=1S/C28H19Cl2N3O4S/c1-35-19-6-2-16(3-7-19)27-32-23-15-18(5-11-25(23)37-27)31-28(38)33-26(34)13-9-20-8-12-24(36-20)21-10-4-17(29)14-22(21)30/h2-15H,1H3,(H2,31,33,34,38)/b13-9+. The summed E-state index contributed by atoms with van der Waals surface area (Å²) in [6.45, 7) is 0. The summed E-state index contributed by atoms with van der Waals surface area (Å²) in [5.74, 6) is 1.85. The molecule has 0 bridgehead atoms. The maximum Gasteiger partial charge on any atom is 0.250 e. The summed E-state index contributed by atoms with van der Waals surface area (Å²) in [6.07, 6.45) is 2.86. The first kappa shape index (κ1) is 25.5. The molecule has 10 heteroatoms. The molecule has 0 spiro atoms. The van der Waals surface area contributed by atoms with Crippen LogP contribution in [0.1, 0.15) is 5.76 Å². The molecule has 0 aliphatic heterocycles. The van der Waals surface area contributed by atoms with E-state index in [0.29, 0.717) is 49.8 Å². The highest BCUT2D eigenvalue weighted by molar-refractivity contribution is 7.80. The molecular weight excluding hydrogens is 545 g/mol. The molecule has 2 N–H and O–H groups in total. The van der Waals surface area contributed by atoms with Crippen molar-refractivity contribution < 1.29 is 18.4 Å². The molecule has 38 heavy (non-hydrogen) atoms. The van der Waals surface area contributed by atoms with Crippen molar-refractivity contribution in [2.45, 2.75) is 0 Å². The average molecular weight is 564 g/mol. The number of ether oxygens (including phenoxy) is 1. The number of aromatic nitrogens is 1. The number of methoxy groups -OCH3 is 1. The molecule has 0 saturated carbocycles. The van der Waals surface area contributed by atoms with Gasteiger partial charge in [0.15, 0.2) is 10.7 Å². The van der Waals surface area contributed by atoms with Crippen LogP contribution in [0.25, 0.3) is 40.0 Å². The second kappa shape index (κ2) is 11.1. The maximum atomic E-state index is 12.4. The molecule has 0 saturated heterocycles. The third kappa shape index (κ3) is 5.89. The number of halogens is 2. The van der Waals surface area contributed by atoms with Gasteiger partial charge in [0, 0.05) is 27.9 Å². The van der Waals surface area contributed by atoms with Gasteiger partial charge >= 0.3 is 0 Å². The predicted molar refractivity (Wildman–Crippen MR) is 154 cm³/mol. The van der Waals surface area contributed by atoms with E-state index in [1.807, 2.05) is 24.3 Å². The van der Waals surface area contributed by atoms with E-state index < -0.39 is 5.91 Å². The summed E-state index contributed by atoms with van der Waals surface area (Å²) in [6, 6.07) is 21.4. The Bertz CT molecular complexity index is 1680. The summed E-state index contributed by atoms with van der Waals surface area (Å²) >= 11 is 17.5. The van der Waals surface area contributed by atoms with Crippen molar-refractivity contribution in [3.05, 3.63) is 94.7 Å². The molecule has 0 atom stereocenters. The molecular formula is C28H19Cl2N3O4S. The van der Waals surface area contributed by atoms with Gasteiger partial charge in [-0.05, 0) is 91.1 Å². The van der Waals surface area contributed by atoms with Crippen LogP contribution in [0.5, 0.6) is 5.75 Å². The Morgan fingerprint density at radius 3 is 2.58 bits per heavy atom. The Labute approximate surface area is 233 Å². The smallest absolute Gasteiger partial charge is 0.250 e. The number of hydrogen-bond donors (Lipinski definition) is 2. The van der Waals surface area contributed by atoms with Gasteiger partial charge in [0.2, 0.25) is 11.8 Å². The lowest BCUT2D eigenvalue weighted by Gasteiger charge is -2.07. The van der Waals surface area contributed by atoms with Gasteiger partial charge in [-0.2, -0.15) is 0 Å². The number of amides is 1. The van der Waals surface area contributed by atoms with Gasteiger partial charge in [-0.25, -0.2) is 4.98 Å². The summed E-state index contributed by atoms with van der Waals surface area (Å²) in [4.78, 5) is 16.9. The molecule has 5 aromatic rings. The van der Waals surface area contributed by atoms with Crippen LogP contribution < -0.4 is 15.4 Å². The van der Waals surface area contributed by atoms with E-state index in [1.54, 1.807) is 55.6 Å². The first-order valence-corrected chi connectivity index (χ1v) is 12.4. The molecule has 1 amide bonds. The van der Waals surface area contributed by atoms with Crippen molar-refractivity contribution in [3.8, 4) is 28.5 Å². The van der Waals surface area contributed by atoms with Crippen molar-refractivity contribution in [3.63, 3.8) is 0 Å². The molecule has 5 rings (SSSR count). The number of carbonyl (C=O) groups is 1. The van der Waals surface area contributed by atoms with E-state index in [2.05, 4.69) is 15.6 Å². The van der Waals surface area contributed by atoms with Crippen LogP contribution in [-0.4, -0.2) is 23.1 Å². The molecule has 0 fully saturated rings. The Hall–Kier alpha value is -4.11. The van der Waals surface area contributed by atoms with Crippen LogP contribution in [0.2, 0.25) is 10.0 Å². The monoisotopic (exact) mass is 563 g/mol. The number of anilines is 1. The van der Waals surface area contributed by atoms with Gasteiger partial charge < -0.3 is 18.9 Å². The van der Waals surface area contributed by atoms with E-state index in [0.717, 1.165) is 11.3 Å². The van der Waals surface area contributed by atoms with Gasteiger partial charge in [0.1, 0.15) is 22.8 Å². The molecule has 2 aromatic heterocycles. The van der Waals surface area contributed by atoms with Crippen LogP contribution in [0.15, 0.2) is 87.7 Å². The van der Waals surface area contributed by atoms with Gasteiger partial charge in [-0.1, -0.05) is 23.2 Å². The Kier molecular flexibility index (Phi) is 7.46. The van der Waals surface area contributed by atoms with Gasteiger partial charge in [-0.15, -0.1) is 0 Å². The number of furan rings is 1. The summed E-state index contributed by atoms with van der Waals surface area (Å²) in [7, 11) is 1.61. The van der Waals surface area contributed by atoms with E-state index in [1.165, 1.54) is 12.2 Å². The third-order valence-electron chi connectivity index (χ3n) is 5.44. The minimum Gasteiger partial charge on any atom is -0.497 e. The minimum atomic E-state index is -0.422. The number of hydrogen-bond acceptors (Lipinski definition) is 6. The zero-order valence-electron chi connectivity index (χ0n) is 19.8. The highest BCUT2D eigenvalue weighted by atomic mass is 35.5. The maximum absolute atomic E-state index is 12.4. The molecule has 0 radical (unpaired) electrons. The second-order valence-electron chi connectivity index (χ2n) is 8.03. The Morgan fingerprint density at radius 1 is 1.00 bits per heavy atom. The Balaban J connectivity index is 1.20. The quantitative estimate of drug-likeness (QED) is 0.162. The van der Waals surface area contributed by atoms with Crippen LogP contribution in [-0.2, 0) is 4.79 Å². The first-order chi connectivity index (χ1) is 18.4. The normalized spacial score (nSPS) is 11.1. The summed E-state index contributed by atoms with van der Waals surface area (Å²) in [5, 5.41) is 6.72. The fraction of sp³-hybridized carbons (Fsp3) is 0.0357. The number of carbonyl (C=O) groups excluding carboxylic acids is 1. The highest BCUT2D eigenvalue weighted by Crippen LogP contribution is 2.32. The number of nitrogens with one attached hydrogen (secondary N) is 2. The number of benzene rings is 3. The van der Waals surface area contributed by atoms with E-state index in [4.69, 9.17) is 49.0 Å². The lowest BCUT2D eigenvalue weighted by molar-refractivity contribution is -0.115. The molecule has 0 aliphatic rings. The second-order valence-corrected chi connectivity index (χ2v) is 9.28. The van der Waals surface area contributed by atoms with Crippen molar-refractivity contribution in [1.82, 2.24) is 10.3 Å². The molecule has 0 unspecified atom stereocenters. The van der Waals surface area contributed by atoms with E-state index in [9.17, 15) is 4.79 Å². The van der Waals surface area contributed by atoms with Crippen molar-refractivity contribution in [2.24, 2.45) is 0 Å². The van der Waals surface area contributed by atoms with Crippen molar-refractivity contribution in [1.29, 1.82) is 0 Å². The van der Waals surface area contributed by atoms with Crippen LogP contribution in [0.3, 0.4) is 0 Å². The zero-order valence-corrected chi connectivity index (χ0v) is 22.2. The molecule has 0 aliphatic carbocycles. The molecule has 3 aromatic carbocycles. The lowest BCUT2D eigenvalue weighted by atomic mass is 10.2. The summed E-state index contributed by atoms with van der Waals surface area (Å²) in [5.41, 5.74) is 3.44. The molecule has 2 heterocycles. The first-order valence-electron chi connectivity index (χ1n) is 11.3. The lowest BCUT2D eigenvalue weighted by Crippen LogP contribution is -2.32. The number of oxazole rings is 1. The van der Waals surface area contributed by atoms with E-state index >= 15 is 0 Å². The van der Waals surface area contributed by atoms with Gasteiger partial charge in [0.05, 0.1) is 12.1 Å². The van der Waals surface area contributed by atoms with Crippen molar-refractivity contribution >= 4 is 69.3 Å². The largest absolute Gasteiger partial charge is 0.497 e. The zero-order chi connectivity index (χ0) is 26.6. The van der Waals surface area contributed by atoms with Gasteiger partial charge in [-0.3, -0.25) is 10.1 Å². The molecule has 7 nitrogen and oxygen atoms in total. The number of rotatable bonds is 6. The minimum absolute atomic E-state index is 0.131. The fourth-order valence-electron chi connectivity index (χ4n) is 3.61. The van der Waals surface area contributed by atoms with Crippen LogP contribution in [0.4, 0.5) is 5.69 Å². The van der Waals surface area contributed by atoms with Crippen LogP contribution >= 0.6 is 35.4 Å². The number of thiocarbonyl (C=S) groups is 1. The summed E-state index contributed by atoms with van der Waals surface area (Å²) < 4.78 is 16.8. The van der Waals surface area contributed by atoms with Gasteiger partial charge in [0.25, 0.3) is 0 Å². The number of nitrogens with zero attached hydrogens (tertiary/aromatic N) is 1. The van der Waals surface area contributed by atoms with E-state index in [-0.39, 0.29) is 5.11 Å². The predicted octanol–water partition coefficient (Wildman–Crippen LogP) is 7.60. The van der Waals surface area contributed by atoms with Crippen molar-refractivity contribution in [2.75, 3.05) is 12.4 Å². The van der Waals surface area contributed by atoms with Crippen LogP contribution in [0, 0.1) is 0 Å². The highest BCUT2D eigenvalue weighted by Gasteiger charge is 2.11. The average Bonchev–Trinajstić information content (AvgIpc) is 3.54. The Morgan fingerprint density at radius 2 is 1.82 bits per heavy atom. The SMILES string of the molecule is COc1ccc(-c2nc3cc(NC(=S)NC(=O)/C=C/c4ccc(-c5ccc(Cl)cc5Cl)o4)ccc3o2)cc1. The third-order valence-corrected chi connectivity index (χ3v) is 6.19. The topological polar surface area (TPSA) is 89.5 Å².